The van der Waals surface area contributed by atoms with Crippen molar-refractivity contribution in [2.45, 2.75) is 6.92 Å². The van der Waals surface area contributed by atoms with Gasteiger partial charge in [-0.25, -0.2) is 4.98 Å². The van der Waals surface area contributed by atoms with Crippen molar-refractivity contribution in [3.05, 3.63) is 60.4 Å². The number of aromatic nitrogens is 4. The van der Waals surface area contributed by atoms with Crippen molar-refractivity contribution in [1.82, 2.24) is 19.7 Å². The summed E-state index contributed by atoms with van der Waals surface area (Å²) in [6.45, 7) is 2.10. The molecule has 0 aliphatic heterocycles. The standard InChI is InChI=1S/C18H17N5/c1-12-4-3-5-13(10-12)15-11-17(20-16-7-9-23(2)22-16)21-18-14(15)6-8-19-18/h3-11H,1-2H3,(H2,19,20,21,22). The number of benzene rings is 1. The minimum absolute atomic E-state index is 0.773. The van der Waals surface area contributed by atoms with Gasteiger partial charge < -0.3 is 10.3 Å². The van der Waals surface area contributed by atoms with Gasteiger partial charge in [0.15, 0.2) is 5.82 Å². The average molecular weight is 303 g/mol. The van der Waals surface area contributed by atoms with Gasteiger partial charge in [0.1, 0.15) is 11.5 Å². The number of nitrogens with zero attached hydrogens (tertiary/aromatic N) is 3. The first kappa shape index (κ1) is 13.6. The van der Waals surface area contributed by atoms with Gasteiger partial charge in [0.05, 0.1) is 0 Å². The number of rotatable bonds is 3. The van der Waals surface area contributed by atoms with E-state index < -0.39 is 0 Å². The van der Waals surface area contributed by atoms with Crippen LogP contribution in [0.4, 0.5) is 11.6 Å². The Kier molecular flexibility index (Phi) is 3.12. The van der Waals surface area contributed by atoms with E-state index in [0.717, 1.165) is 28.2 Å². The van der Waals surface area contributed by atoms with Crippen LogP contribution in [0, 0.1) is 6.92 Å². The van der Waals surface area contributed by atoms with Gasteiger partial charge in [0.2, 0.25) is 0 Å². The summed E-state index contributed by atoms with van der Waals surface area (Å²) in [4.78, 5) is 7.83. The molecular weight excluding hydrogens is 286 g/mol. The monoisotopic (exact) mass is 303 g/mol. The average Bonchev–Trinajstić information content (AvgIpc) is 3.15. The van der Waals surface area contributed by atoms with Crippen molar-refractivity contribution in [2.24, 2.45) is 7.05 Å². The zero-order valence-corrected chi connectivity index (χ0v) is 13.0. The molecule has 5 nitrogen and oxygen atoms in total. The van der Waals surface area contributed by atoms with Crippen LogP contribution in [0.25, 0.3) is 22.2 Å². The Labute approximate surface area is 134 Å². The molecule has 0 fully saturated rings. The molecule has 23 heavy (non-hydrogen) atoms. The van der Waals surface area contributed by atoms with Crippen molar-refractivity contribution in [3.8, 4) is 11.1 Å². The summed E-state index contributed by atoms with van der Waals surface area (Å²) in [6, 6.07) is 14.5. The summed E-state index contributed by atoms with van der Waals surface area (Å²) in [5.74, 6) is 1.55. The van der Waals surface area contributed by atoms with Crippen LogP contribution in [0.15, 0.2) is 54.9 Å². The Bertz CT molecular complexity index is 980. The number of hydrogen-bond donors (Lipinski definition) is 2. The zero-order chi connectivity index (χ0) is 15.8. The highest BCUT2D eigenvalue weighted by molar-refractivity contribution is 5.95. The summed E-state index contributed by atoms with van der Waals surface area (Å²) in [5, 5.41) is 8.73. The third-order valence-corrected chi connectivity index (χ3v) is 3.83. The second-order valence-electron chi connectivity index (χ2n) is 5.66. The highest BCUT2D eigenvalue weighted by Crippen LogP contribution is 2.31. The number of H-pyrrole nitrogens is 1. The second kappa shape index (κ2) is 5.28. The van der Waals surface area contributed by atoms with E-state index in [2.05, 4.69) is 63.7 Å². The molecule has 0 aliphatic carbocycles. The van der Waals surface area contributed by atoms with E-state index >= 15 is 0 Å². The van der Waals surface area contributed by atoms with Gasteiger partial charge in [-0.05, 0) is 30.2 Å². The van der Waals surface area contributed by atoms with Gasteiger partial charge in [-0.15, -0.1) is 0 Å². The molecule has 0 saturated heterocycles. The molecule has 4 aromatic rings. The van der Waals surface area contributed by atoms with Crippen LogP contribution in [-0.4, -0.2) is 19.7 Å². The van der Waals surface area contributed by atoms with Gasteiger partial charge in [0.25, 0.3) is 0 Å². The molecule has 4 rings (SSSR count). The second-order valence-corrected chi connectivity index (χ2v) is 5.66. The molecule has 0 spiro atoms. The fraction of sp³-hybridized carbons (Fsp3) is 0.111. The predicted molar refractivity (Wildman–Crippen MR) is 92.8 cm³/mol. The molecule has 5 heteroatoms. The third kappa shape index (κ3) is 2.57. The van der Waals surface area contributed by atoms with E-state index in [1.807, 2.05) is 25.5 Å². The van der Waals surface area contributed by atoms with Gasteiger partial charge in [-0.1, -0.05) is 29.8 Å². The number of anilines is 2. The molecule has 1 aromatic carbocycles. The van der Waals surface area contributed by atoms with Crippen LogP contribution in [0.2, 0.25) is 0 Å². The van der Waals surface area contributed by atoms with Crippen LogP contribution in [0.3, 0.4) is 0 Å². The lowest BCUT2D eigenvalue weighted by molar-refractivity contribution is 0.771. The topological polar surface area (TPSA) is 58.5 Å². The highest BCUT2D eigenvalue weighted by Gasteiger charge is 2.10. The van der Waals surface area contributed by atoms with Crippen LogP contribution in [0.1, 0.15) is 5.56 Å². The normalized spacial score (nSPS) is 11.0. The van der Waals surface area contributed by atoms with Crippen molar-refractivity contribution >= 4 is 22.7 Å². The summed E-state index contributed by atoms with van der Waals surface area (Å²) in [5.41, 5.74) is 4.43. The maximum atomic E-state index is 4.63. The SMILES string of the molecule is Cc1cccc(-c2cc(Nc3ccn(C)n3)nc3[nH]ccc23)c1. The first-order valence-electron chi connectivity index (χ1n) is 7.51. The number of hydrogen-bond acceptors (Lipinski definition) is 3. The lowest BCUT2D eigenvalue weighted by Crippen LogP contribution is -1.97. The number of pyridine rings is 1. The third-order valence-electron chi connectivity index (χ3n) is 3.83. The lowest BCUT2D eigenvalue weighted by Gasteiger charge is -2.09. The quantitative estimate of drug-likeness (QED) is 0.601. The Hall–Kier alpha value is -3.08. The smallest absolute Gasteiger partial charge is 0.153 e. The summed E-state index contributed by atoms with van der Waals surface area (Å²) in [7, 11) is 1.89. The molecule has 3 aromatic heterocycles. The number of aryl methyl sites for hydroxylation is 2. The van der Waals surface area contributed by atoms with Crippen LogP contribution < -0.4 is 5.32 Å². The van der Waals surface area contributed by atoms with Gasteiger partial charge >= 0.3 is 0 Å². The first-order chi connectivity index (χ1) is 11.2. The molecule has 0 aliphatic rings. The lowest BCUT2D eigenvalue weighted by atomic mass is 10.0. The fourth-order valence-electron chi connectivity index (χ4n) is 2.77. The molecule has 3 heterocycles. The zero-order valence-electron chi connectivity index (χ0n) is 13.0. The summed E-state index contributed by atoms with van der Waals surface area (Å²) in [6.07, 6.45) is 3.82. The molecule has 2 N–H and O–H groups in total. The maximum absolute atomic E-state index is 4.63. The Morgan fingerprint density at radius 1 is 1.09 bits per heavy atom. The minimum atomic E-state index is 0.773. The van der Waals surface area contributed by atoms with E-state index in [9.17, 15) is 0 Å². The largest absolute Gasteiger partial charge is 0.346 e. The molecular formula is C18H17N5. The fourth-order valence-corrected chi connectivity index (χ4v) is 2.77. The molecule has 0 radical (unpaired) electrons. The van der Waals surface area contributed by atoms with Crippen molar-refractivity contribution < 1.29 is 0 Å². The van der Waals surface area contributed by atoms with E-state index in [1.54, 1.807) is 4.68 Å². The minimum Gasteiger partial charge on any atom is -0.346 e. The van der Waals surface area contributed by atoms with Crippen LogP contribution in [-0.2, 0) is 7.05 Å². The molecule has 0 bridgehead atoms. The van der Waals surface area contributed by atoms with Gasteiger partial charge in [0, 0.05) is 30.9 Å². The number of aromatic amines is 1. The Morgan fingerprint density at radius 2 is 2.00 bits per heavy atom. The van der Waals surface area contributed by atoms with E-state index in [-0.39, 0.29) is 0 Å². The van der Waals surface area contributed by atoms with E-state index in [1.165, 1.54) is 11.1 Å². The number of fused-ring (bicyclic) bond motifs is 1. The highest BCUT2D eigenvalue weighted by atomic mass is 15.3. The van der Waals surface area contributed by atoms with Crippen LogP contribution in [0.5, 0.6) is 0 Å². The van der Waals surface area contributed by atoms with Crippen LogP contribution >= 0.6 is 0 Å². The van der Waals surface area contributed by atoms with E-state index in [4.69, 9.17) is 0 Å². The first-order valence-corrected chi connectivity index (χ1v) is 7.51. The number of nitrogens with one attached hydrogen (secondary N) is 2. The molecule has 0 amide bonds. The van der Waals surface area contributed by atoms with Crippen molar-refractivity contribution in [1.29, 1.82) is 0 Å². The van der Waals surface area contributed by atoms with Gasteiger partial charge in [-0.2, -0.15) is 5.10 Å². The maximum Gasteiger partial charge on any atom is 0.153 e. The van der Waals surface area contributed by atoms with Crippen molar-refractivity contribution in [2.75, 3.05) is 5.32 Å². The van der Waals surface area contributed by atoms with E-state index in [0.29, 0.717) is 0 Å². The Balaban J connectivity index is 1.84. The Morgan fingerprint density at radius 3 is 2.78 bits per heavy atom. The molecule has 0 saturated carbocycles. The molecule has 114 valence electrons. The van der Waals surface area contributed by atoms with Gasteiger partial charge in [-0.3, -0.25) is 4.68 Å². The molecule has 0 unspecified atom stereocenters. The predicted octanol–water partition coefficient (Wildman–Crippen LogP) is 4.02. The summed E-state index contributed by atoms with van der Waals surface area (Å²) < 4.78 is 1.76. The molecule has 0 atom stereocenters. The van der Waals surface area contributed by atoms with Crippen molar-refractivity contribution in [3.63, 3.8) is 0 Å². The summed E-state index contributed by atoms with van der Waals surface area (Å²) >= 11 is 0.